The van der Waals surface area contributed by atoms with E-state index in [1.54, 1.807) is 18.0 Å². The molecule has 2 aromatic rings. The fourth-order valence-electron chi connectivity index (χ4n) is 1.90. The molecule has 0 saturated heterocycles. The van der Waals surface area contributed by atoms with Gasteiger partial charge in [-0.15, -0.1) is 0 Å². The second kappa shape index (κ2) is 5.28. The van der Waals surface area contributed by atoms with Crippen molar-refractivity contribution in [3.63, 3.8) is 0 Å². The number of aliphatic hydroxyl groups is 1. The number of nitrogens with zero attached hydrogens (tertiary/aromatic N) is 5. The molecule has 1 atom stereocenters. The minimum Gasteiger partial charge on any atom is -0.389 e. The monoisotopic (exact) mass is 251 g/mol. The third kappa shape index (κ3) is 2.41. The van der Waals surface area contributed by atoms with Crippen LogP contribution in [0, 0.1) is 0 Å². The summed E-state index contributed by atoms with van der Waals surface area (Å²) in [7, 11) is 5.26. The summed E-state index contributed by atoms with van der Waals surface area (Å²) in [5, 5.41) is 14.7. The van der Waals surface area contributed by atoms with Gasteiger partial charge in [-0.1, -0.05) is 0 Å². The van der Waals surface area contributed by atoms with Crippen LogP contribution >= 0.6 is 0 Å². The first kappa shape index (κ1) is 12.7. The summed E-state index contributed by atoms with van der Waals surface area (Å²) in [6, 6.07) is 0. The molecule has 0 amide bonds. The van der Waals surface area contributed by atoms with Crippen molar-refractivity contribution in [2.75, 3.05) is 32.2 Å². The number of hydrogen-bond acceptors (Lipinski definition) is 6. The maximum absolute atomic E-state index is 9.73. The lowest BCUT2D eigenvalue weighted by Crippen LogP contribution is -2.32. The van der Waals surface area contributed by atoms with Gasteiger partial charge < -0.3 is 14.7 Å². The summed E-state index contributed by atoms with van der Waals surface area (Å²) < 4.78 is 6.60. The third-order valence-corrected chi connectivity index (χ3v) is 2.71. The van der Waals surface area contributed by atoms with Crippen LogP contribution in [-0.4, -0.2) is 58.3 Å². The number of aliphatic hydroxyl groups excluding tert-OH is 1. The van der Waals surface area contributed by atoms with Crippen molar-refractivity contribution in [2.45, 2.75) is 6.10 Å². The highest BCUT2D eigenvalue weighted by Gasteiger charge is 2.14. The molecule has 0 aliphatic rings. The second-order valence-corrected chi connectivity index (χ2v) is 4.19. The van der Waals surface area contributed by atoms with Crippen LogP contribution in [0.15, 0.2) is 12.5 Å². The molecule has 2 heterocycles. The quantitative estimate of drug-likeness (QED) is 0.793. The molecule has 0 radical (unpaired) electrons. The molecule has 7 heteroatoms. The molecule has 0 aliphatic heterocycles. The summed E-state index contributed by atoms with van der Waals surface area (Å²) in [6.07, 6.45) is 2.67. The molecule has 0 saturated carbocycles. The van der Waals surface area contributed by atoms with Gasteiger partial charge in [0.1, 0.15) is 12.1 Å². The molecule has 1 N–H and O–H groups in total. The number of ether oxygens (including phenoxy) is 1. The fraction of sp³-hybridized carbons (Fsp3) is 0.545. The van der Waals surface area contributed by atoms with E-state index in [-0.39, 0.29) is 0 Å². The zero-order chi connectivity index (χ0) is 13.1. The van der Waals surface area contributed by atoms with E-state index >= 15 is 0 Å². The van der Waals surface area contributed by atoms with Gasteiger partial charge in [0, 0.05) is 27.7 Å². The first-order chi connectivity index (χ1) is 8.63. The molecule has 2 rings (SSSR count). The van der Waals surface area contributed by atoms with Crippen molar-refractivity contribution in [1.29, 1.82) is 0 Å². The first-order valence-electron chi connectivity index (χ1n) is 5.64. The highest BCUT2D eigenvalue weighted by molar-refractivity contribution is 5.86. The van der Waals surface area contributed by atoms with Crippen LogP contribution in [0.2, 0.25) is 0 Å². The van der Waals surface area contributed by atoms with Crippen LogP contribution in [0.3, 0.4) is 0 Å². The Kier molecular flexibility index (Phi) is 3.73. The Labute approximate surface area is 105 Å². The van der Waals surface area contributed by atoms with Crippen molar-refractivity contribution >= 4 is 16.9 Å². The van der Waals surface area contributed by atoms with Crippen molar-refractivity contribution in [1.82, 2.24) is 19.7 Å². The van der Waals surface area contributed by atoms with Crippen LogP contribution in [0.1, 0.15) is 0 Å². The summed E-state index contributed by atoms with van der Waals surface area (Å²) in [4.78, 5) is 10.3. The molecule has 7 nitrogen and oxygen atoms in total. The average molecular weight is 251 g/mol. The number of fused-ring (bicyclic) bond motifs is 1. The highest BCUT2D eigenvalue weighted by atomic mass is 16.5. The molecule has 0 aromatic carbocycles. The van der Waals surface area contributed by atoms with Gasteiger partial charge in [-0.2, -0.15) is 5.10 Å². The Bertz CT molecular complexity index is 527. The fourth-order valence-corrected chi connectivity index (χ4v) is 1.90. The number of methoxy groups -OCH3 is 1. The summed E-state index contributed by atoms with van der Waals surface area (Å²) in [5.74, 6) is 0.753. The molecule has 2 aromatic heterocycles. The van der Waals surface area contributed by atoms with Gasteiger partial charge in [0.25, 0.3) is 0 Å². The van der Waals surface area contributed by atoms with Gasteiger partial charge >= 0.3 is 0 Å². The van der Waals surface area contributed by atoms with E-state index in [9.17, 15) is 5.11 Å². The third-order valence-electron chi connectivity index (χ3n) is 2.71. The summed E-state index contributed by atoms with van der Waals surface area (Å²) in [5.41, 5.74) is 0.771. The lowest BCUT2D eigenvalue weighted by atomic mass is 10.3. The van der Waals surface area contributed by atoms with E-state index in [0.717, 1.165) is 16.9 Å². The number of rotatable bonds is 5. The van der Waals surface area contributed by atoms with Gasteiger partial charge in [0.2, 0.25) is 0 Å². The molecule has 0 spiro atoms. The SMILES string of the molecule is COCC(O)CN(C)c1ncnc2c1cnn2C. The normalized spacial score (nSPS) is 12.9. The topological polar surface area (TPSA) is 76.3 Å². The highest BCUT2D eigenvalue weighted by Crippen LogP contribution is 2.20. The van der Waals surface area contributed by atoms with Crippen molar-refractivity contribution < 1.29 is 9.84 Å². The van der Waals surface area contributed by atoms with Crippen LogP contribution in [0.25, 0.3) is 11.0 Å². The minimum atomic E-state index is -0.554. The molecule has 98 valence electrons. The lowest BCUT2D eigenvalue weighted by Gasteiger charge is -2.21. The number of likely N-dealkylation sites (N-methyl/N-ethyl adjacent to an activating group) is 1. The average Bonchev–Trinajstić information content (AvgIpc) is 2.71. The molecule has 1 unspecified atom stereocenters. The van der Waals surface area contributed by atoms with Crippen molar-refractivity contribution in [3.05, 3.63) is 12.5 Å². The van der Waals surface area contributed by atoms with Gasteiger partial charge in [-0.3, -0.25) is 4.68 Å². The smallest absolute Gasteiger partial charge is 0.163 e. The van der Waals surface area contributed by atoms with E-state index in [1.165, 1.54) is 6.33 Å². The summed E-state index contributed by atoms with van der Waals surface area (Å²) in [6.45, 7) is 0.737. The predicted molar refractivity (Wildman–Crippen MR) is 67.5 cm³/mol. The van der Waals surface area contributed by atoms with E-state index in [0.29, 0.717) is 13.2 Å². The Balaban J connectivity index is 2.25. The molecule has 0 aliphatic carbocycles. The zero-order valence-corrected chi connectivity index (χ0v) is 10.7. The Morgan fingerprint density at radius 2 is 2.28 bits per heavy atom. The van der Waals surface area contributed by atoms with Gasteiger partial charge in [-0.05, 0) is 0 Å². The largest absolute Gasteiger partial charge is 0.389 e. The Hall–Kier alpha value is -1.73. The van der Waals surface area contributed by atoms with Gasteiger partial charge in [0.05, 0.1) is 24.3 Å². The standard InChI is InChI=1S/C11H17N5O2/c1-15(5-8(17)6-18-3)10-9-4-14-16(2)11(9)13-7-12-10/h4,7-8,17H,5-6H2,1-3H3. The molecule has 0 fully saturated rings. The zero-order valence-electron chi connectivity index (χ0n) is 10.7. The predicted octanol–water partition coefficient (Wildman–Crippen LogP) is -0.193. The van der Waals surface area contributed by atoms with E-state index in [2.05, 4.69) is 15.1 Å². The van der Waals surface area contributed by atoms with E-state index in [4.69, 9.17) is 4.74 Å². The van der Waals surface area contributed by atoms with Crippen LogP contribution < -0.4 is 4.90 Å². The van der Waals surface area contributed by atoms with Crippen LogP contribution in [-0.2, 0) is 11.8 Å². The maximum atomic E-state index is 9.73. The number of aromatic nitrogens is 4. The lowest BCUT2D eigenvalue weighted by molar-refractivity contribution is 0.0694. The number of hydrogen-bond donors (Lipinski definition) is 1. The molecular formula is C11H17N5O2. The minimum absolute atomic E-state index is 0.297. The Morgan fingerprint density at radius 1 is 1.50 bits per heavy atom. The maximum Gasteiger partial charge on any atom is 0.163 e. The van der Waals surface area contributed by atoms with Crippen LogP contribution in [0.4, 0.5) is 5.82 Å². The van der Waals surface area contributed by atoms with E-state index < -0.39 is 6.10 Å². The molecule has 0 bridgehead atoms. The van der Waals surface area contributed by atoms with Crippen molar-refractivity contribution in [3.8, 4) is 0 Å². The van der Waals surface area contributed by atoms with E-state index in [1.807, 2.05) is 19.0 Å². The Morgan fingerprint density at radius 3 is 3.00 bits per heavy atom. The number of anilines is 1. The first-order valence-corrected chi connectivity index (χ1v) is 5.64. The second-order valence-electron chi connectivity index (χ2n) is 4.19. The molecular weight excluding hydrogens is 234 g/mol. The summed E-state index contributed by atoms with van der Waals surface area (Å²) >= 11 is 0. The van der Waals surface area contributed by atoms with Crippen LogP contribution in [0.5, 0.6) is 0 Å². The number of aryl methyl sites for hydroxylation is 1. The van der Waals surface area contributed by atoms with Gasteiger partial charge in [-0.25, -0.2) is 9.97 Å². The molecule has 18 heavy (non-hydrogen) atoms. The van der Waals surface area contributed by atoms with Gasteiger partial charge in [0.15, 0.2) is 5.65 Å². The van der Waals surface area contributed by atoms with Crippen molar-refractivity contribution in [2.24, 2.45) is 7.05 Å².